The minimum Gasteiger partial charge on any atom is -0.367 e. The molecule has 0 N–H and O–H groups in total. The molecule has 0 saturated carbocycles. The van der Waals surface area contributed by atoms with Crippen LogP contribution in [0.3, 0.4) is 0 Å². The number of benzene rings is 2. The van der Waals surface area contributed by atoms with Gasteiger partial charge in [-0.25, -0.2) is 0 Å². The molecule has 32 heavy (non-hydrogen) atoms. The number of rotatable bonds is 13. The Kier molecular flexibility index (Phi) is 11.0. The zero-order valence-corrected chi connectivity index (χ0v) is 20.6. The first-order chi connectivity index (χ1) is 15.1. The fourth-order valence-corrected chi connectivity index (χ4v) is 5.13. The lowest BCUT2D eigenvalue weighted by molar-refractivity contribution is -0.227. The Bertz CT molecular complexity index is 754. The summed E-state index contributed by atoms with van der Waals surface area (Å²) in [5.41, 5.74) is -2.31. The highest BCUT2D eigenvalue weighted by Gasteiger charge is 2.58. The summed E-state index contributed by atoms with van der Waals surface area (Å²) in [6, 6.07) is 12.9. The maximum atomic E-state index is 14.8. The molecule has 0 fully saturated rings. The van der Waals surface area contributed by atoms with Crippen molar-refractivity contribution in [3.05, 3.63) is 58.6 Å². The molecule has 0 spiro atoms. The van der Waals surface area contributed by atoms with Crippen LogP contribution in [0.5, 0.6) is 0 Å². The summed E-state index contributed by atoms with van der Waals surface area (Å²) in [7, 11) is 0. The third-order valence-electron chi connectivity index (χ3n) is 4.25. The number of alkyl halides is 4. The molecule has 0 aliphatic rings. The van der Waals surface area contributed by atoms with Crippen LogP contribution in [0.2, 0.25) is 10.0 Å². The molecule has 0 saturated heterocycles. The third-order valence-corrected chi connectivity index (χ3v) is 6.97. The Morgan fingerprint density at radius 3 is 1.28 bits per heavy atom. The number of ether oxygens (including phenoxy) is 2. The Morgan fingerprint density at radius 1 is 0.688 bits per heavy atom. The van der Waals surface area contributed by atoms with Crippen molar-refractivity contribution in [3.63, 3.8) is 0 Å². The van der Waals surface area contributed by atoms with E-state index in [0.717, 1.165) is 23.5 Å². The Hall–Kier alpha value is -0.640. The number of hydrogen-bond donors (Lipinski definition) is 0. The lowest BCUT2D eigenvalue weighted by atomic mass is 10.1. The van der Waals surface area contributed by atoms with E-state index in [1.54, 1.807) is 62.4 Å². The average Bonchev–Trinajstić information content (AvgIpc) is 2.71. The first-order valence-corrected chi connectivity index (χ1v) is 12.4. The van der Waals surface area contributed by atoms with E-state index in [1.165, 1.54) is 0 Å². The first-order valence-electron chi connectivity index (χ1n) is 9.89. The summed E-state index contributed by atoms with van der Waals surface area (Å²) >= 11 is 13.6. The molecule has 0 bridgehead atoms. The van der Waals surface area contributed by atoms with Gasteiger partial charge in [-0.05, 0) is 62.4 Å². The predicted molar refractivity (Wildman–Crippen MR) is 125 cm³/mol. The van der Waals surface area contributed by atoms with Crippen molar-refractivity contribution in [2.75, 3.05) is 13.2 Å². The largest absolute Gasteiger partial charge is 0.367 e. The van der Waals surface area contributed by atoms with Gasteiger partial charge in [-0.1, -0.05) is 46.7 Å². The molecule has 178 valence electrons. The van der Waals surface area contributed by atoms with Gasteiger partial charge in [0.2, 0.25) is 0 Å². The van der Waals surface area contributed by atoms with Crippen LogP contribution in [-0.4, -0.2) is 35.9 Å². The van der Waals surface area contributed by atoms with Crippen molar-refractivity contribution in [1.82, 2.24) is 0 Å². The van der Waals surface area contributed by atoms with Crippen LogP contribution < -0.4 is 0 Å². The van der Waals surface area contributed by atoms with Crippen LogP contribution in [0.1, 0.15) is 26.7 Å². The van der Waals surface area contributed by atoms with E-state index in [1.807, 2.05) is 0 Å². The predicted octanol–water partition coefficient (Wildman–Crippen LogP) is 8.65. The molecule has 2 nitrogen and oxygen atoms in total. The summed E-state index contributed by atoms with van der Waals surface area (Å²) in [5.74, 6) is -8.61. The zero-order valence-electron chi connectivity index (χ0n) is 17.5. The quantitative estimate of drug-likeness (QED) is 0.146. The maximum Gasteiger partial charge on any atom is 0.313 e. The molecule has 0 radical (unpaired) electrons. The van der Waals surface area contributed by atoms with Gasteiger partial charge in [-0.3, -0.25) is 0 Å². The zero-order chi connectivity index (χ0) is 23.8. The van der Waals surface area contributed by atoms with Gasteiger partial charge in [0, 0.05) is 33.0 Å². The molecule has 2 unspecified atom stereocenters. The Labute approximate surface area is 204 Å². The molecule has 0 amide bonds. The van der Waals surface area contributed by atoms with Crippen molar-refractivity contribution in [1.29, 1.82) is 0 Å². The maximum absolute atomic E-state index is 14.8. The third kappa shape index (κ3) is 8.61. The van der Waals surface area contributed by atoms with Crippen LogP contribution in [0, 0.1) is 0 Å². The minimum atomic E-state index is -4.30. The Morgan fingerprint density at radius 2 is 1.00 bits per heavy atom. The lowest BCUT2D eigenvalue weighted by Crippen LogP contribution is -2.45. The Balaban J connectivity index is 2.10. The topological polar surface area (TPSA) is 18.5 Å². The molecule has 10 heteroatoms. The molecule has 2 aromatic carbocycles. The summed E-state index contributed by atoms with van der Waals surface area (Å²) in [4.78, 5) is 1.19. The van der Waals surface area contributed by atoms with E-state index in [2.05, 4.69) is 0 Å². The van der Waals surface area contributed by atoms with Crippen molar-refractivity contribution in [3.8, 4) is 0 Å². The van der Waals surface area contributed by atoms with E-state index in [0.29, 0.717) is 19.8 Å². The fraction of sp³-hybridized carbons (Fsp3) is 0.455. The summed E-state index contributed by atoms with van der Waals surface area (Å²) in [6.45, 7) is 3.47. The molecule has 2 atom stereocenters. The molecule has 0 aliphatic heterocycles. The average molecular weight is 531 g/mol. The standard InChI is InChI=1S/C22H24Cl2F4O2S2/c1-3-29-19(31-17-9-5-15(23)6-10-17)13-21(25,26)22(27,28)14-20(30-4-2)32-18-11-7-16(24)8-12-18/h5-12,19-20H,3-4,13-14H2,1-2H3. The van der Waals surface area contributed by atoms with Gasteiger partial charge in [-0.2, -0.15) is 17.6 Å². The van der Waals surface area contributed by atoms with Gasteiger partial charge in [0.05, 0.1) is 12.8 Å². The van der Waals surface area contributed by atoms with Crippen LogP contribution in [-0.2, 0) is 9.47 Å². The van der Waals surface area contributed by atoms with Crippen LogP contribution in [0.4, 0.5) is 17.6 Å². The van der Waals surface area contributed by atoms with Gasteiger partial charge in [-0.15, -0.1) is 0 Å². The summed E-state index contributed by atoms with van der Waals surface area (Å²) in [5, 5.41) is 0.971. The van der Waals surface area contributed by atoms with E-state index in [9.17, 15) is 17.6 Å². The highest BCUT2D eigenvalue weighted by atomic mass is 35.5. The first kappa shape index (κ1) is 27.6. The van der Waals surface area contributed by atoms with E-state index in [4.69, 9.17) is 32.7 Å². The van der Waals surface area contributed by atoms with Gasteiger partial charge in [0.25, 0.3) is 0 Å². The fourth-order valence-electron chi connectivity index (χ4n) is 2.69. The highest BCUT2D eigenvalue weighted by Crippen LogP contribution is 2.46. The SMILES string of the molecule is CCOC(CC(F)(F)C(F)(F)CC(OCC)Sc1ccc(Cl)cc1)Sc1ccc(Cl)cc1. The van der Waals surface area contributed by atoms with E-state index >= 15 is 0 Å². The van der Waals surface area contributed by atoms with Gasteiger partial charge in [0.15, 0.2) is 0 Å². The second-order valence-corrected chi connectivity index (χ2v) is 10.1. The minimum absolute atomic E-state index is 0.112. The highest BCUT2D eigenvalue weighted by molar-refractivity contribution is 8.00. The van der Waals surface area contributed by atoms with Crippen molar-refractivity contribution in [2.45, 2.75) is 59.2 Å². The second-order valence-electron chi connectivity index (χ2n) is 6.73. The molecule has 2 aromatic rings. The second kappa shape index (κ2) is 12.7. The molecular formula is C22H24Cl2F4O2S2. The molecule has 0 aliphatic carbocycles. The van der Waals surface area contributed by atoms with Gasteiger partial charge >= 0.3 is 11.8 Å². The lowest BCUT2D eigenvalue weighted by Gasteiger charge is -2.31. The van der Waals surface area contributed by atoms with E-state index < -0.39 is 35.6 Å². The molecule has 0 aromatic heterocycles. The smallest absolute Gasteiger partial charge is 0.313 e. The van der Waals surface area contributed by atoms with Gasteiger partial charge < -0.3 is 9.47 Å². The van der Waals surface area contributed by atoms with Crippen LogP contribution >= 0.6 is 46.7 Å². The summed E-state index contributed by atoms with van der Waals surface area (Å²) < 4.78 is 69.8. The van der Waals surface area contributed by atoms with Crippen LogP contribution in [0.25, 0.3) is 0 Å². The molecule has 2 rings (SSSR count). The van der Waals surface area contributed by atoms with Crippen molar-refractivity contribution < 1.29 is 27.0 Å². The monoisotopic (exact) mass is 530 g/mol. The van der Waals surface area contributed by atoms with Crippen molar-refractivity contribution in [2.24, 2.45) is 0 Å². The molecule has 0 heterocycles. The normalized spacial score (nSPS) is 14.4. The van der Waals surface area contributed by atoms with E-state index in [-0.39, 0.29) is 13.2 Å². The number of halogens is 6. The molecular weight excluding hydrogens is 507 g/mol. The number of thioether (sulfide) groups is 2. The van der Waals surface area contributed by atoms with Crippen LogP contribution in [0.15, 0.2) is 58.3 Å². The number of hydrogen-bond acceptors (Lipinski definition) is 4. The van der Waals surface area contributed by atoms with Gasteiger partial charge in [0.1, 0.15) is 10.9 Å². The van der Waals surface area contributed by atoms with Crippen molar-refractivity contribution >= 4 is 46.7 Å². The summed E-state index contributed by atoms with van der Waals surface area (Å²) in [6.07, 6.45) is -2.29.